The molecule has 0 spiro atoms. The number of rotatable bonds is 1. The van der Waals surface area contributed by atoms with Gasteiger partial charge < -0.3 is 32.9 Å². The summed E-state index contributed by atoms with van der Waals surface area (Å²) in [5.74, 6) is 0. The van der Waals surface area contributed by atoms with Crippen LogP contribution in [0.3, 0.4) is 0 Å². The zero-order chi connectivity index (χ0) is 23.4. The minimum Gasteiger partial charge on any atom is -0.399 e. The van der Waals surface area contributed by atoms with Gasteiger partial charge in [0.05, 0.1) is 56.4 Å². The van der Waals surface area contributed by atoms with E-state index in [2.05, 4.69) is 15.0 Å². The summed E-state index contributed by atoms with van der Waals surface area (Å²) < 4.78 is 0. The molecule has 0 unspecified atom stereocenters. The monoisotopic (exact) mass is 509 g/mol. The van der Waals surface area contributed by atoms with Crippen LogP contribution in [-0.4, -0.2) is 19.9 Å². The first-order valence-electron chi connectivity index (χ1n) is 10.8. The van der Waals surface area contributed by atoms with E-state index in [1.165, 1.54) is 0 Å². The Kier molecular flexibility index (Phi) is 5.36. The number of aromatic nitrogens is 4. The number of nitrogens with one attached hydrogen (secondary N) is 2. The SMILES string of the molecule is Nc1cccc(-c2cc3cc4nc(c(N)c5ccc([nH]5)c(N)c5nc(c(N)c2[nH]3)C=C5)C=C4)c1.[Cu]. The molecule has 1 radical (unpaired) electrons. The van der Waals surface area contributed by atoms with Gasteiger partial charge in [0.25, 0.3) is 0 Å². The number of hydrogen-bond acceptors (Lipinski definition) is 6. The van der Waals surface area contributed by atoms with Crippen molar-refractivity contribution in [3.8, 4) is 11.1 Å². The molecule has 35 heavy (non-hydrogen) atoms. The number of fused-ring (bicyclic) bond motifs is 8. The van der Waals surface area contributed by atoms with Crippen LogP contribution in [0.2, 0.25) is 0 Å². The molecule has 2 aliphatic heterocycles. The van der Waals surface area contributed by atoms with Gasteiger partial charge in [0.2, 0.25) is 0 Å². The van der Waals surface area contributed by atoms with Crippen molar-refractivity contribution in [3.05, 3.63) is 71.3 Å². The van der Waals surface area contributed by atoms with Crippen molar-refractivity contribution in [1.82, 2.24) is 19.9 Å². The van der Waals surface area contributed by atoms with Crippen LogP contribution in [0, 0.1) is 0 Å². The Morgan fingerprint density at radius 2 is 1.29 bits per heavy atom. The number of aromatic amines is 2. The molecule has 10 N–H and O–H groups in total. The molecule has 0 saturated carbocycles. The van der Waals surface area contributed by atoms with E-state index in [1.807, 2.05) is 72.8 Å². The Bertz CT molecular complexity index is 1710. The predicted molar refractivity (Wildman–Crippen MR) is 142 cm³/mol. The fourth-order valence-electron chi connectivity index (χ4n) is 4.24. The number of anilines is 4. The van der Waals surface area contributed by atoms with Gasteiger partial charge in [-0.3, -0.25) is 0 Å². The van der Waals surface area contributed by atoms with E-state index in [1.54, 1.807) is 0 Å². The Labute approximate surface area is 211 Å². The second kappa shape index (κ2) is 8.39. The zero-order valence-electron chi connectivity index (χ0n) is 18.4. The van der Waals surface area contributed by atoms with Crippen LogP contribution >= 0.6 is 0 Å². The molecule has 0 atom stereocenters. The topological polar surface area (TPSA) is 161 Å². The number of nitrogen functional groups attached to an aromatic ring is 4. The molecular formula is C26H22CuN8. The molecule has 0 aliphatic carbocycles. The van der Waals surface area contributed by atoms with Crippen molar-refractivity contribution in [3.63, 3.8) is 0 Å². The van der Waals surface area contributed by atoms with E-state index in [9.17, 15) is 0 Å². The number of benzene rings is 1. The number of nitrogens with zero attached hydrogens (tertiary/aromatic N) is 2. The normalized spacial score (nSPS) is 12.0. The minimum atomic E-state index is 0. The fourth-order valence-corrected chi connectivity index (χ4v) is 4.24. The smallest absolute Gasteiger partial charge is 0.0889 e. The van der Waals surface area contributed by atoms with Crippen molar-refractivity contribution in [2.45, 2.75) is 0 Å². The van der Waals surface area contributed by atoms with Crippen molar-refractivity contribution in [1.29, 1.82) is 0 Å². The molecule has 0 amide bonds. The van der Waals surface area contributed by atoms with Crippen LogP contribution in [0.4, 0.5) is 22.7 Å². The van der Waals surface area contributed by atoms with Crippen molar-refractivity contribution >= 4 is 69.1 Å². The Balaban J connectivity index is 0.00000253. The molecular weight excluding hydrogens is 488 g/mol. The molecule has 1 aromatic carbocycles. The first-order chi connectivity index (χ1) is 16.5. The fraction of sp³-hybridized carbons (Fsp3) is 0. The van der Waals surface area contributed by atoms with Crippen LogP contribution < -0.4 is 22.9 Å². The van der Waals surface area contributed by atoms with Gasteiger partial charge in [-0.05, 0) is 66.3 Å². The molecule has 6 rings (SSSR count). The molecule has 0 fully saturated rings. The van der Waals surface area contributed by atoms with Crippen molar-refractivity contribution in [2.75, 3.05) is 22.9 Å². The maximum Gasteiger partial charge on any atom is 0.0889 e. The third kappa shape index (κ3) is 3.82. The number of nitrogens with two attached hydrogens (primary N) is 4. The summed E-state index contributed by atoms with van der Waals surface area (Å²) in [6.45, 7) is 0. The summed E-state index contributed by atoms with van der Waals surface area (Å²) in [5.41, 5.74) is 35.3. The van der Waals surface area contributed by atoms with E-state index in [-0.39, 0.29) is 17.1 Å². The van der Waals surface area contributed by atoms with Crippen LogP contribution in [0.25, 0.3) is 57.5 Å². The van der Waals surface area contributed by atoms with Gasteiger partial charge in [0.1, 0.15) is 0 Å². The van der Waals surface area contributed by atoms with Gasteiger partial charge in [0.15, 0.2) is 0 Å². The van der Waals surface area contributed by atoms with Crippen molar-refractivity contribution < 1.29 is 17.1 Å². The maximum absolute atomic E-state index is 6.65. The van der Waals surface area contributed by atoms with Gasteiger partial charge in [0, 0.05) is 33.8 Å². The van der Waals surface area contributed by atoms with Crippen LogP contribution in [0.5, 0.6) is 0 Å². The Morgan fingerprint density at radius 1 is 0.629 bits per heavy atom. The van der Waals surface area contributed by atoms with E-state index < -0.39 is 0 Å². The molecule has 5 heterocycles. The third-order valence-electron chi connectivity index (χ3n) is 6.00. The summed E-state index contributed by atoms with van der Waals surface area (Å²) in [7, 11) is 0. The average molecular weight is 510 g/mol. The third-order valence-corrected chi connectivity index (χ3v) is 6.00. The molecule has 4 aromatic rings. The summed E-state index contributed by atoms with van der Waals surface area (Å²) in [6.07, 6.45) is 7.52. The van der Waals surface area contributed by atoms with Gasteiger partial charge in [-0.1, -0.05) is 12.1 Å². The molecule has 0 saturated heterocycles. The summed E-state index contributed by atoms with van der Waals surface area (Å²) in [4.78, 5) is 16.1. The van der Waals surface area contributed by atoms with Gasteiger partial charge in [-0.25, -0.2) is 9.97 Å². The average Bonchev–Trinajstić information content (AvgIpc) is 3.64. The van der Waals surface area contributed by atoms with Gasteiger partial charge in [-0.15, -0.1) is 0 Å². The Hall–Kier alpha value is -4.46. The van der Waals surface area contributed by atoms with E-state index >= 15 is 0 Å². The minimum absolute atomic E-state index is 0. The first-order valence-corrected chi connectivity index (χ1v) is 10.8. The van der Waals surface area contributed by atoms with E-state index in [0.717, 1.165) is 33.4 Å². The summed E-state index contributed by atoms with van der Waals surface area (Å²) in [6, 6.07) is 15.4. The quantitative estimate of drug-likeness (QED) is 0.140. The summed E-state index contributed by atoms with van der Waals surface area (Å²) in [5, 5.41) is 0. The Morgan fingerprint density at radius 3 is 2.00 bits per heavy atom. The molecule has 3 aromatic heterocycles. The largest absolute Gasteiger partial charge is 0.399 e. The zero-order valence-corrected chi connectivity index (χ0v) is 19.4. The van der Waals surface area contributed by atoms with Crippen LogP contribution in [0.15, 0.2) is 48.5 Å². The molecule has 177 valence electrons. The second-order valence-electron chi connectivity index (χ2n) is 8.28. The van der Waals surface area contributed by atoms with Crippen LogP contribution in [0.1, 0.15) is 22.8 Å². The second-order valence-corrected chi connectivity index (χ2v) is 8.28. The van der Waals surface area contributed by atoms with Crippen molar-refractivity contribution in [2.24, 2.45) is 0 Å². The predicted octanol–water partition coefficient (Wildman–Crippen LogP) is 4.65. The van der Waals surface area contributed by atoms with E-state index in [0.29, 0.717) is 45.3 Å². The standard InChI is InChI=1S/C26H22N8.Cu/c27-14-3-1-2-13(10-14)17-12-16-11-15-4-5-18(31-15)23(28)19-6-7-20(33-19)24(29)21-8-9-22(34-21)25(30)26(17)32-16;/h1-12,32-33H,27-30H2;. The van der Waals surface area contributed by atoms with Gasteiger partial charge >= 0.3 is 0 Å². The molecule has 8 bridgehead atoms. The van der Waals surface area contributed by atoms with Crippen LogP contribution in [-0.2, 0) is 17.1 Å². The van der Waals surface area contributed by atoms with Gasteiger partial charge in [-0.2, -0.15) is 0 Å². The van der Waals surface area contributed by atoms with E-state index in [4.69, 9.17) is 27.9 Å². The maximum atomic E-state index is 6.65. The number of H-pyrrole nitrogens is 2. The first kappa shape index (κ1) is 22.3. The molecule has 2 aliphatic rings. The molecule has 8 nitrogen and oxygen atoms in total. The molecule has 9 heteroatoms. The summed E-state index contributed by atoms with van der Waals surface area (Å²) >= 11 is 0. The number of hydrogen-bond donors (Lipinski definition) is 6.